The van der Waals surface area contributed by atoms with Gasteiger partial charge in [0.05, 0.1) is 28.7 Å². The molecule has 1 aromatic carbocycles. The first kappa shape index (κ1) is 20.4. The van der Waals surface area contributed by atoms with Crippen molar-refractivity contribution in [2.24, 2.45) is 0 Å². The first-order valence-electron chi connectivity index (χ1n) is 9.31. The number of benzene rings is 1. The molecule has 0 saturated carbocycles. The van der Waals surface area contributed by atoms with Crippen LogP contribution in [0.3, 0.4) is 0 Å². The molecule has 0 radical (unpaired) electrons. The fourth-order valence-electron chi connectivity index (χ4n) is 3.48. The Morgan fingerprint density at radius 3 is 1.76 bits per heavy atom. The minimum Gasteiger partial charge on any atom is -0.469 e. The summed E-state index contributed by atoms with van der Waals surface area (Å²) in [5.41, 5.74) is -2.16. The van der Waals surface area contributed by atoms with Gasteiger partial charge in [-0.15, -0.1) is 0 Å². The maximum absolute atomic E-state index is 12.6. The van der Waals surface area contributed by atoms with Crippen molar-refractivity contribution in [2.45, 2.75) is 45.2 Å². The predicted molar refractivity (Wildman–Crippen MR) is 106 cm³/mol. The Morgan fingerprint density at radius 2 is 1.31 bits per heavy atom. The third-order valence-electron chi connectivity index (χ3n) is 5.02. The zero-order valence-corrected chi connectivity index (χ0v) is 15.9. The smallest absolute Gasteiger partial charge is 0.305 e. The van der Waals surface area contributed by atoms with Crippen molar-refractivity contribution < 1.29 is 14.3 Å². The molecule has 0 aliphatic rings. The molecule has 2 heterocycles. The van der Waals surface area contributed by atoms with Crippen LogP contribution in [0.25, 0.3) is 21.5 Å². The summed E-state index contributed by atoms with van der Waals surface area (Å²) < 4.78 is 6.60. The Morgan fingerprint density at radius 1 is 0.828 bits per heavy atom. The number of hydrogen-bond acceptors (Lipinski definition) is 7. The molecule has 29 heavy (non-hydrogen) atoms. The number of fused-ring (bicyclic) bond motifs is 2. The Kier molecular flexibility index (Phi) is 5.86. The SMILES string of the molecule is COC(=O)CCCCCn1c(=O)c2cc3c(=O)n(CCC=O)c(=O)c3cc2c1=O. The molecule has 0 saturated heterocycles. The van der Waals surface area contributed by atoms with E-state index in [2.05, 4.69) is 4.74 Å². The van der Waals surface area contributed by atoms with Gasteiger partial charge in [-0.25, -0.2) is 0 Å². The van der Waals surface area contributed by atoms with E-state index in [-0.39, 0.29) is 53.4 Å². The maximum Gasteiger partial charge on any atom is 0.305 e. The van der Waals surface area contributed by atoms with Crippen LogP contribution in [0.2, 0.25) is 0 Å². The summed E-state index contributed by atoms with van der Waals surface area (Å²) in [5.74, 6) is -0.309. The fraction of sp³-hybridized carbons (Fsp3) is 0.400. The summed E-state index contributed by atoms with van der Waals surface area (Å²) in [6.45, 7) is 0.144. The molecule has 3 aromatic rings. The van der Waals surface area contributed by atoms with E-state index in [1.165, 1.54) is 19.2 Å². The van der Waals surface area contributed by atoms with Gasteiger partial charge >= 0.3 is 5.97 Å². The van der Waals surface area contributed by atoms with Crippen LogP contribution in [0, 0.1) is 0 Å². The van der Waals surface area contributed by atoms with Gasteiger partial charge < -0.3 is 9.53 Å². The second kappa shape index (κ2) is 8.34. The molecule has 0 amide bonds. The first-order valence-corrected chi connectivity index (χ1v) is 9.31. The minimum absolute atomic E-state index is 0.0206. The number of rotatable bonds is 9. The van der Waals surface area contributed by atoms with Crippen molar-refractivity contribution in [3.05, 3.63) is 53.5 Å². The predicted octanol–water partition coefficient (Wildman–Crippen LogP) is 0.235. The lowest BCUT2D eigenvalue weighted by atomic mass is 10.1. The molecule has 0 fully saturated rings. The summed E-state index contributed by atoms with van der Waals surface area (Å²) >= 11 is 0. The van der Waals surface area contributed by atoms with Crippen LogP contribution >= 0.6 is 0 Å². The quantitative estimate of drug-likeness (QED) is 0.286. The Hall–Kier alpha value is -3.36. The van der Waals surface area contributed by atoms with Crippen molar-refractivity contribution in [1.82, 2.24) is 9.13 Å². The molecule has 0 N–H and O–H groups in total. The van der Waals surface area contributed by atoms with Crippen molar-refractivity contribution in [3.8, 4) is 0 Å². The summed E-state index contributed by atoms with van der Waals surface area (Å²) in [6.07, 6.45) is 2.66. The topological polar surface area (TPSA) is 122 Å². The van der Waals surface area contributed by atoms with Crippen LogP contribution in [-0.2, 0) is 27.4 Å². The Balaban J connectivity index is 1.93. The Labute approximate surface area is 163 Å². The monoisotopic (exact) mass is 400 g/mol. The molecule has 2 aromatic heterocycles. The molecule has 0 aliphatic heterocycles. The van der Waals surface area contributed by atoms with Gasteiger partial charge in [-0.05, 0) is 25.0 Å². The second-order valence-corrected chi connectivity index (χ2v) is 6.81. The number of unbranched alkanes of at least 4 members (excludes halogenated alkanes) is 2. The third kappa shape index (κ3) is 3.67. The summed E-state index contributed by atoms with van der Waals surface area (Å²) in [4.78, 5) is 71.8. The number of esters is 1. The van der Waals surface area contributed by atoms with E-state index >= 15 is 0 Å². The zero-order chi connectivity index (χ0) is 21.1. The van der Waals surface area contributed by atoms with Crippen molar-refractivity contribution >= 4 is 33.8 Å². The molecule has 152 valence electrons. The van der Waals surface area contributed by atoms with E-state index in [9.17, 15) is 28.8 Å². The van der Waals surface area contributed by atoms with Crippen LogP contribution in [-0.4, -0.2) is 28.5 Å². The summed E-state index contributed by atoms with van der Waals surface area (Å²) in [7, 11) is 1.31. The number of ether oxygens (including phenoxy) is 1. The molecule has 9 heteroatoms. The lowest BCUT2D eigenvalue weighted by molar-refractivity contribution is -0.140. The molecule has 0 aliphatic carbocycles. The van der Waals surface area contributed by atoms with E-state index in [4.69, 9.17) is 0 Å². The number of hydrogen-bond donors (Lipinski definition) is 0. The normalized spacial score (nSPS) is 11.3. The molecule has 0 bridgehead atoms. The maximum atomic E-state index is 12.6. The van der Waals surface area contributed by atoms with E-state index < -0.39 is 22.2 Å². The van der Waals surface area contributed by atoms with E-state index in [0.29, 0.717) is 25.5 Å². The molecule has 0 unspecified atom stereocenters. The fourth-order valence-corrected chi connectivity index (χ4v) is 3.48. The number of aromatic nitrogens is 2. The van der Waals surface area contributed by atoms with Crippen molar-refractivity contribution in [1.29, 1.82) is 0 Å². The largest absolute Gasteiger partial charge is 0.469 e. The first-order chi connectivity index (χ1) is 13.9. The van der Waals surface area contributed by atoms with Gasteiger partial charge in [0, 0.05) is 25.9 Å². The van der Waals surface area contributed by atoms with Crippen LogP contribution < -0.4 is 22.2 Å². The van der Waals surface area contributed by atoms with Gasteiger partial charge in [0.2, 0.25) is 0 Å². The third-order valence-corrected chi connectivity index (χ3v) is 5.02. The van der Waals surface area contributed by atoms with Gasteiger partial charge in [0.25, 0.3) is 22.2 Å². The molecule has 0 spiro atoms. The molecular weight excluding hydrogens is 380 g/mol. The number of carbonyl (C=O) groups excluding carboxylic acids is 2. The van der Waals surface area contributed by atoms with Crippen LogP contribution in [0.4, 0.5) is 0 Å². The number of methoxy groups -OCH3 is 1. The zero-order valence-electron chi connectivity index (χ0n) is 15.9. The highest BCUT2D eigenvalue weighted by molar-refractivity contribution is 5.97. The van der Waals surface area contributed by atoms with E-state index in [1.54, 1.807) is 0 Å². The standard InChI is InChI=1S/C20H20N2O7/c1-29-16(24)6-3-2-4-7-21-17(25)12-10-14-15(11-13(12)18(21)26)20(28)22(19(14)27)8-5-9-23/h9-11H,2-8H2,1H3. The molecule has 9 nitrogen and oxygen atoms in total. The van der Waals surface area contributed by atoms with Crippen molar-refractivity contribution in [2.75, 3.05) is 7.11 Å². The minimum atomic E-state index is -0.573. The highest BCUT2D eigenvalue weighted by Gasteiger charge is 2.19. The Bertz CT molecular complexity index is 1210. The number of carbonyl (C=O) groups is 2. The molecule has 0 atom stereocenters. The van der Waals surface area contributed by atoms with E-state index in [1.807, 2.05) is 0 Å². The van der Waals surface area contributed by atoms with Crippen LogP contribution in [0.1, 0.15) is 32.1 Å². The lowest BCUT2D eigenvalue weighted by Gasteiger charge is -2.01. The summed E-state index contributed by atoms with van der Waals surface area (Å²) in [6, 6.07) is 2.59. The second-order valence-electron chi connectivity index (χ2n) is 6.81. The van der Waals surface area contributed by atoms with Gasteiger partial charge in [-0.3, -0.25) is 33.1 Å². The van der Waals surface area contributed by atoms with E-state index in [0.717, 1.165) is 9.13 Å². The van der Waals surface area contributed by atoms with Crippen molar-refractivity contribution in [3.63, 3.8) is 0 Å². The van der Waals surface area contributed by atoms with Crippen LogP contribution in [0.15, 0.2) is 31.3 Å². The van der Waals surface area contributed by atoms with Gasteiger partial charge in [0.1, 0.15) is 6.29 Å². The molecule has 3 rings (SSSR count). The van der Waals surface area contributed by atoms with Gasteiger partial charge in [0.15, 0.2) is 0 Å². The summed E-state index contributed by atoms with van der Waals surface area (Å²) in [5, 5.41) is 0.338. The highest BCUT2D eigenvalue weighted by atomic mass is 16.5. The average molecular weight is 400 g/mol. The number of aldehydes is 1. The van der Waals surface area contributed by atoms with Gasteiger partial charge in [-0.1, -0.05) is 6.42 Å². The highest BCUT2D eigenvalue weighted by Crippen LogP contribution is 2.15. The lowest BCUT2D eigenvalue weighted by Crippen LogP contribution is -2.26. The number of nitrogens with zero attached hydrogens (tertiary/aromatic N) is 2. The molecular formula is C20H20N2O7. The average Bonchev–Trinajstić information content (AvgIpc) is 3.09. The van der Waals surface area contributed by atoms with Gasteiger partial charge in [-0.2, -0.15) is 0 Å². The van der Waals surface area contributed by atoms with Crippen LogP contribution in [0.5, 0.6) is 0 Å².